The largest absolute Gasteiger partial charge is 0.440 e. The van der Waals surface area contributed by atoms with Crippen LogP contribution in [-0.4, -0.2) is 50.2 Å². The molecule has 0 N–H and O–H groups in total. The minimum Gasteiger partial charge on any atom is -0.440 e. The molecule has 3 heterocycles. The molecule has 1 aromatic heterocycles. The van der Waals surface area contributed by atoms with Crippen molar-refractivity contribution in [2.45, 2.75) is 12.8 Å². The number of rotatable bonds is 2. The van der Waals surface area contributed by atoms with Crippen LogP contribution >= 0.6 is 0 Å². The van der Waals surface area contributed by atoms with Crippen molar-refractivity contribution in [3.05, 3.63) is 40.1 Å². The average molecular weight is 328 g/mol. The lowest BCUT2D eigenvalue weighted by Crippen LogP contribution is -2.36. The fraction of sp³-hybridized carbons (Fsp3) is 0.444. The number of hydrogen-bond donors (Lipinski definition) is 0. The molecule has 0 radical (unpaired) electrons. The molecule has 2 aliphatic rings. The first kappa shape index (κ1) is 15.2. The molecule has 126 valence electrons. The van der Waals surface area contributed by atoms with Crippen LogP contribution in [0.15, 0.2) is 33.5 Å². The predicted octanol–water partition coefficient (Wildman–Crippen LogP) is 1.87. The Hall–Kier alpha value is -2.34. The van der Waals surface area contributed by atoms with Gasteiger partial charge in [0.25, 0.3) is 5.91 Å². The van der Waals surface area contributed by atoms with Gasteiger partial charge in [-0.05, 0) is 31.0 Å². The van der Waals surface area contributed by atoms with Crippen LogP contribution in [0.3, 0.4) is 0 Å². The van der Waals surface area contributed by atoms with E-state index in [9.17, 15) is 9.59 Å². The van der Waals surface area contributed by atoms with Gasteiger partial charge >= 0.3 is 0 Å². The van der Waals surface area contributed by atoms with Gasteiger partial charge < -0.3 is 19.0 Å². The number of ether oxygens (including phenoxy) is 1. The number of hydrogen-bond acceptors (Lipinski definition) is 5. The van der Waals surface area contributed by atoms with Crippen molar-refractivity contribution < 1.29 is 13.9 Å². The Labute approximate surface area is 139 Å². The number of anilines is 1. The lowest BCUT2D eigenvalue weighted by Gasteiger charge is -2.27. The molecule has 2 aliphatic heterocycles. The van der Waals surface area contributed by atoms with E-state index < -0.39 is 0 Å². The zero-order valence-electron chi connectivity index (χ0n) is 13.5. The molecule has 0 aliphatic carbocycles. The highest BCUT2D eigenvalue weighted by molar-refractivity contribution is 5.97. The molecule has 2 fully saturated rings. The standard InChI is InChI=1S/C18H20N2O4/c21-15-12-17(19-7-9-23-10-8-19)24-16-4-3-13(11-14(15)16)18(22)20-5-1-2-6-20/h3-4,11-12H,1-2,5-10H2. The van der Waals surface area contributed by atoms with Crippen molar-refractivity contribution in [1.29, 1.82) is 0 Å². The summed E-state index contributed by atoms with van der Waals surface area (Å²) in [6, 6.07) is 6.64. The number of likely N-dealkylation sites (tertiary alicyclic amines) is 1. The van der Waals surface area contributed by atoms with Crippen molar-refractivity contribution in [3.8, 4) is 0 Å². The van der Waals surface area contributed by atoms with E-state index in [0.717, 1.165) is 25.9 Å². The van der Waals surface area contributed by atoms with Crippen LogP contribution in [0.4, 0.5) is 5.88 Å². The van der Waals surface area contributed by atoms with Crippen LogP contribution in [0.5, 0.6) is 0 Å². The quantitative estimate of drug-likeness (QED) is 0.842. The van der Waals surface area contributed by atoms with Crippen LogP contribution < -0.4 is 10.3 Å². The Balaban J connectivity index is 1.68. The summed E-state index contributed by atoms with van der Waals surface area (Å²) in [5, 5.41) is 0.456. The van der Waals surface area contributed by atoms with Gasteiger partial charge in [-0.15, -0.1) is 0 Å². The minimum atomic E-state index is -0.117. The van der Waals surface area contributed by atoms with E-state index in [2.05, 4.69) is 0 Å². The molecule has 1 aromatic carbocycles. The summed E-state index contributed by atoms with van der Waals surface area (Å²) in [6.45, 7) is 4.26. The first-order chi connectivity index (χ1) is 11.7. The van der Waals surface area contributed by atoms with E-state index in [-0.39, 0.29) is 11.3 Å². The SMILES string of the molecule is O=C(c1ccc2oc(N3CCOCC3)cc(=O)c2c1)N1CCCC1. The first-order valence-corrected chi connectivity index (χ1v) is 8.42. The third-order valence-electron chi connectivity index (χ3n) is 4.68. The minimum absolute atomic E-state index is 0.00828. The van der Waals surface area contributed by atoms with Crippen molar-refractivity contribution >= 4 is 22.8 Å². The lowest BCUT2D eigenvalue weighted by molar-refractivity contribution is 0.0793. The lowest BCUT2D eigenvalue weighted by atomic mass is 10.1. The molecule has 4 rings (SSSR count). The maximum Gasteiger partial charge on any atom is 0.253 e. The fourth-order valence-electron chi connectivity index (χ4n) is 3.32. The van der Waals surface area contributed by atoms with Crippen LogP contribution in [0, 0.1) is 0 Å². The summed E-state index contributed by atoms with van der Waals surface area (Å²) in [5.74, 6) is 0.556. The van der Waals surface area contributed by atoms with Gasteiger partial charge in [0.05, 0.1) is 18.6 Å². The van der Waals surface area contributed by atoms with E-state index in [1.54, 1.807) is 18.2 Å². The number of benzene rings is 1. The molecule has 0 atom stereocenters. The van der Waals surface area contributed by atoms with Gasteiger partial charge in [0.15, 0.2) is 11.3 Å². The van der Waals surface area contributed by atoms with Crippen molar-refractivity contribution in [2.75, 3.05) is 44.3 Å². The van der Waals surface area contributed by atoms with Crippen molar-refractivity contribution in [2.24, 2.45) is 0 Å². The van der Waals surface area contributed by atoms with Crippen LogP contribution in [0.2, 0.25) is 0 Å². The number of amides is 1. The Bertz CT molecular complexity index is 817. The fourth-order valence-corrected chi connectivity index (χ4v) is 3.32. The van der Waals surface area contributed by atoms with Gasteiger partial charge in [-0.3, -0.25) is 9.59 Å². The highest BCUT2D eigenvalue weighted by atomic mass is 16.5. The number of carbonyl (C=O) groups excluding carboxylic acids is 1. The van der Waals surface area contributed by atoms with Gasteiger partial charge in [-0.1, -0.05) is 0 Å². The van der Waals surface area contributed by atoms with E-state index in [4.69, 9.17) is 9.15 Å². The molecule has 0 spiro atoms. The second kappa shape index (κ2) is 6.28. The molecule has 2 aromatic rings. The second-order valence-corrected chi connectivity index (χ2v) is 6.26. The van der Waals surface area contributed by atoms with Gasteiger partial charge in [-0.25, -0.2) is 0 Å². The van der Waals surface area contributed by atoms with Gasteiger partial charge in [0, 0.05) is 37.8 Å². The van der Waals surface area contributed by atoms with Gasteiger partial charge in [0.1, 0.15) is 5.58 Å². The normalized spacial score (nSPS) is 18.3. The zero-order chi connectivity index (χ0) is 16.5. The second-order valence-electron chi connectivity index (χ2n) is 6.26. The predicted molar refractivity (Wildman–Crippen MR) is 90.7 cm³/mol. The van der Waals surface area contributed by atoms with Crippen LogP contribution in [-0.2, 0) is 4.74 Å². The molecule has 6 nitrogen and oxygen atoms in total. The third-order valence-corrected chi connectivity index (χ3v) is 4.68. The number of morpholine rings is 1. The third kappa shape index (κ3) is 2.78. The monoisotopic (exact) mass is 328 g/mol. The summed E-state index contributed by atoms with van der Waals surface area (Å²) >= 11 is 0. The van der Waals surface area contributed by atoms with Gasteiger partial charge in [-0.2, -0.15) is 0 Å². The highest BCUT2D eigenvalue weighted by Crippen LogP contribution is 2.22. The number of nitrogens with zero attached hydrogens (tertiary/aromatic N) is 2. The van der Waals surface area contributed by atoms with E-state index in [1.807, 2.05) is 9.80 Å². The number of carbonyl (C=O) groups is 1. The van der Waals surface area contributed by atoms with Crippen molar-refractivity contribution in [3.63, 3.8) is 0 Å². The van der Waals surface area contributed by atoms with Crippen molar-refractivity contribution in [1.82, 2.24) is 4.90 Å². The van der Waals surface area contributed by atoms with Gasteiger partial charge in [0.2, 0.25) is 0 Å². The summed E-state index contributed by atoms with van der Waals surface area (Å²) in [7, 11) is 0. The molecule has 1 amide bonds. The topological polar surface area (TPSA) is 63.0 Å². The van der Waals surface area contributed by atoms with E-state index >= 15 is 0 Å². The first-order valence-electron chi connectivity index (χ1n) is 8.42. The molecule has 24 heavy (non-hydrogen) atoms. The van der Waals surface area contributed by atoms with Crippen LogP contribution in [0.25, 0.3) is 11.0 Å². The molecule has 0 unspecified atom stereocenters. The highest BCUT2D eigenvalue weighted by Gasteiger charge is 2.21. The van der Waals surface area contributed by atoms with E-state index in [0.29, 0.717) is 48.7 Å². The van der Waals surface area contributed by atoms with Crippen LogP contribution in [0.1, 0.15) is 23.2 Å². The Kier molecular flexibility index (Phi) is 3.98. The smallest absolute Gasteiger partial charge is 0.253 e. The molecule has 0 bridgehead atoms. The Morgan fingerprint density at radius 1 is 1.00 bits per heavy atom. The molecular formula is C18H20N2O4. The maximum absolute atomic E-state index is 12.5. The molecule has 2 saturated heterocycles. The molecule has 6 heteroatoms. The summed E-state index contributed by atoms with van der Waals surface area (Å²) < 4.78 is 11.2. The zero-order valence-corrected chi connectivity index (χ0v) is 13.5. The molecular weight excluding hydrogens is 308 g/mol. The Morgan fingerprint density at radius 2 is 1.75 bits per heavy atom. The molecule has 0 saturated carbocycles. The average Bonchev–Trinajstić information content (AvgIpc) is 3.16. The van der Waals surface area contributed by atoms with E-state index in [1.165, 1.54) is 6.07 Å². The summed E-state index contributed by atoms with van der Waals surface area (Å²) in [6.07, 6.45) is 2.09. The Morgan fingerprint density at radius 3 is 2.50 bits per heavy atom. The number of fused-ring (bicyclic) bond motifs is 1. The maximum atomic E-state index is 12.5. The summed E-state index contributed by atoms with van der Waals surface area (Å²) in [4.78, 5) is 28.8. The summed E-state index contributed by atoms with van der Waals surface area (Å²) in [5.41, 5.74) is 0.951.